The van der Waals surface area contributed by atoms with E-state index in [0.717, 1.165) is 18.7 Å². The van der Waals surface area contributed by atoms with Crippen LogP contribution in [0.5, 0.6) is 0 Å². The highest BCUT2D eigenvalue weighted by molar-refractivity contribution is 5.91. The molecule has 2 heterocycles. The van der Waals surface area contributed by atoms with Crippen LogP contribution in [0.1, 0.15) is 42.1 Å². The lowest BCUT2D eigenvalue weighted by molar-refractivity contribution is -0.142. The third-order valence-electron chi connectivity index (χ3n) is 3.87. The third kappa shape index (κ3) is 2.20. The first kappa shape index (κ1) is 12.1. The van der Waals surface area contributed by atoms with Crippen LogP contribution in [0, 0.1) is 11.8 Å². The fourth-order valence-electron chi connectivity index (χ4n) is 2.50. The van der Waals surface area contributed by atoms with Gasteiger partial charge in [-0.3, -0.25) is 14.7 Å². The first-order valence-corrected chi connectivity index (χ1v) is 6.50. The van der Waals surface area contributed by atoms with Gasteiger partial charge in [0.1, 0.15) is 5.82 Å². The van der Waals surface area contributed by atoms with E-state index in [1.165, 1.54) is 4.90 Å². The molecule has 7 heteroatoms. The van der Waals surface area contributed by atoms with E-state index >= 15 is 0 Å². The highest BCUT2D eigenvalue weighted by atomic mass is 16.4. The molecule has 2 fully saturated rings. The van der Waals surface area contributed by atoms with Gasteiger partial charge in [-0.05, 0) is 18.8 Å². The molecular formula is C12H16N4O3. The summed E-state index contributed by atoms with van der Waals surface area (Å²) in [7, 11) is 0. The van der Waals surface area contributed by atoms with E-state index in [9.17, 15) is 9.59 Å². The van der Waals surface area contributed by atoms with Crippen molar-refractivity contribution in [3.8, 4) is 0 Å². The number of nitrogens with zero attached hydrogens (tertiary/aromatic N) is 3. The highest BCUT2D eigenvalue weighted by Crippen LogP contribution is 2.37. The molecule has 2 aliphatic rings. The topological polar surface area (TPSA) is 99.2 Å². The predicted octanol–water partition coefficient (Wildman–Crippen LogP) is 0.475. The van der Waals surface area contributed by atoms with Crippen LogP contribution in [0.25, 0.3) is 0 Å². The van der Waals surface area contributed by atoms with Crippen molar-refractivity contribution in [1.82, 2.24) is 20.1 Å². The molecule has 2 atom stereocenters. The van der Waals surface area contributed by atoms with Crippen molar-refractivity contribution >= 4 is 11.9 Å². The summed E-state index contributed by atoms with van der Waals surface area (Å²) in [5.41, 5.74) is 0. The maximum atomic E-state index is 12.2. The lowest BCUT2D eigenvalue weighted by Crippen LogP contribution is -2.30. The molecule has 0 unspecified atom stereocenters. The van der Waals surface area contributed by atoms with Crippen molar-refractivity contribution in [3.05, 3.63) is 11.6 Å². The van der Waals surface area contributed by atoms with Crippen molar-refractivity contribution in [2.75, 3.05) is 13.1 Å². The second-order valence-electron chi connectivity index (χ2n) is 5.45. The van der Waals surface area contributed by atoms with Gasteiger partial charge in [-0.15, -0.1) is 5.10 Å². The van der Waals surface area contributed by atoms with E-state index in [2.05, 4.69) is 15.2 Å². The maximum absolute atomic E-state index is 12.2. The van der Waals surface area contributed by atoms with E-state index < -0.39 is 11.9 Å². The number of likely N-dealkylation sites (tertiary alicyclic amines) is 1. The van der Waals surface area contributed by atoms with Gasteiger partial charge in [0.25, 0.3) is 5.91 Å². The average molecular weight is 264 g/mol. The van der Waals surface area contributed by atoms with Crippen LogP contribution >= 0.6 is 0 Å². The predicted molar refractivity (Wildman–Crippen MR) is 64.6 cm³/mol. The summed E-state index contributed by atoms with van der Waals surface area (Å²) in [5, 5.41) is 15.8. The molecule has 1 saturated heterocycles. The minimum atomic E-state index is -0.851. The van der Waals surface area contributed by atoms with Gasteiger partial charge in [-0.2, -0.15) is 0 Å². The molecule has 1 amide bonds. The van der Waals surface area contributed by atoms with Crippen molar-refractivity contribution in [1.29, 1.82) is 0 Å². The zero-order valence-corrected chi connectivity index (χ0v) is 10.7. The smallest absolute Gasteiger partial charge is 0.308 e. The number of rotatable bonds is 3. The number of carbonyl (C=O) groups is 2. The largest absolute Gasteiger partial charge is 0.481 e. The minimum Gasteiger partial charge on any atom is -0.481 e. The number of carboxylic acid groups (broad SMARTS) is 1. The van der Waals surface area contributed by atoms with Gasteiger partial charge in [-0.25, -0.2) is 4.98 Å². The van der Waals surface area contributed by atoms with Gasteiger partial charge in [-0.1, -0.05) is 6.92 Å². The first-order chi connectivity index (χ1) is 9.06. The summed E-state index contributed by atoms with van der Waals surface area (Å²) in [6.07, 6.45) is 2.18. The number of aliphatic carboxylic acids is 1. The summed E-state index contributed by atoms with van der Waals surface area (Å²) < 4.78 is 0. The normalized spacial score (nSPS) is 26.7. The van der Waals surface area contributed by atoms with Crippen LogP contribution < -0.4 is 0 Å². The standard InChI is InChI=1S/C12H16N4O3/c1-6-4-16(5-8(6)12(18)19)11(17)10-13-9(14-15-10)7-2-3-7/h6-8H,2-5H2,1H3,(H,18,19)(H,13,14,15)/t6-,8-/m1/s1. The molecule has 3 rings (SSSR count). The van der Waals surface area contributed by atoms with Gasteiger partial charge in [0.15, 0.2) is 0 Å². The first-order valence-electron chi connectivity index (χ1n) is 6.50. The Kier molecular flexibility index (Phi) is 2.76. The van der Waals surface area contributed by atoms with E-state index in [1.807, 2.05) is 6.92 Å². The second kappa shape index (κ2) is 4.32. The summed E-state index contributed by atoms with van der Waals surface area (Å²) in [5.74, 6) is -0.326. The number of amides is 1. The number of hydrogen-bond donors (Lipinski definition) is 2. The lowest BCUT2D eigenvalue weighted by Gasteiger charge is -2.12. The third-order valence-corrected chi connectivity index (χ3v) is 3.87. The highest BCUT2D eigenvalue weighted by Gasteiger charge is 2.38. The zero-order valence-electron chi connectivity index (χ0n) is 10.7. The Labute approximate surface area is 110 Å². The Hall–Kier alpha value is -1.92. The molecule has 1 aliphatic heterocycles. The van der Waals surface area contributed by atoms with Gasteiger partial charge < -0.3 is 10.0 Å². The molecule has 1 aromatic rings. The molecule has 1 aliphatic carbocycles. The Bertz CT molecular complexity index is 523. The van der Waals surface area contributed by atoms with Crippen molar-refractivity contribution in [2.45, 2.75) is 25.7 Å². The van der Waals surface area contributed by atoms with Crippen molar-refractivity contribution in [2.24, 2.45) is 11.8 Å². The molecule has 7 nitrogen and oxygen atoms in total. The van der Waals surface area contributed by atoms with Gasteiger partial charge in [0, 0.05) is 19.0 Å². The number of carbonyl (C=O) groups excluding carboxylic acids is 1. The molecular weight excluding hydrogens is 248 g/mol. The number of hydrogen-bond acceptors (Lipinski definition) is 4. The van der Waals surface area contributed by atoms with E-state index in [1.54, 1.807) is 0 Å². The fraction of sp³-hybridized carbons (Fsp3) is 0.667. The van der Waals surface area contributed by atoms with Gasteiger partial charge in [0.2, 0.25) is 5.82 Å². The van der Waals surface area contributed by atoms with Crippen molar-refractivity contribution in [3.63, 3.8) is 0 Å². The average Bonchev–Trinajstić information content (AvgIpc) is 2.97. The Morgan fingerprint density at radius 2 is 2.11 bits per heavy atom. The summed E-state index contributed by atoms with van der Waals surface area (Å²) in [4.78, 5) is 29.0. The SMILES string of the molecule is C[C@@H]1CN(C(=O)c2n[nH]c(C3CC3)n2)C[C@H]1C(=O)O. The number of aromatic amines is 1. The number of carboxylic acids is 1. The Balaban J connectivity index is 1.71. The minimum absolute atomic E-state index is 0.0386. The molecule has 19 heavy (non-hydrogen) atoms. The number of H-pyrrole nitrogens is 1. The van der Waals surface area contributed by atoms with Crippen LogP contribution in [0.15, 0.2) is 0 Å². The summed E-state index contributed by atoms with van der Waals surface area (Å²) >= 11 is 0. The van der Waals surface area contributed by atoms with E-state index in [-0.39, 0.29) is 24.2 Å². The van der Waals surface area contributed by atoms with Gasteiger partial charge >= 0.3 is 5.97 Å². The fourth-order valence-corrected chi connectivity index (χ4v) is 2.50. The van der Waals surface area contributed by atoms with Crippen molar-refractivity contribution < 1.29 is 14.7 Å². The van der Waals surface area contributed by atoms with Crippen LogP contribution in [0.4, 0.5) is 0 Å². The lowest BCUT2D eigenvalue weighted by atomic mass is 9.99. The Morgan fingerprint density at radius 3 is 2.68 bits per heavy atom. The maximum Gasteiger partial charge on any atom is 0.308 e. The molecule has 1 saturated carbocycles. The number of aromatic nitrogens is 3. The van der Waals surface area contributed by atoms with Crippen LogP contribution in [0.3, 0.4) is 0 Å². The second-order valence-corrected chi connectivity index (χ2v) is 5.45. The molecule has 0 aromatic carbocycles. The molecule has 102 valence electrons. The monoisotopic (exact) mass is 264 g/mol. The molecule has 0 radical (unpaired) electrons. The van der Waals surface area contributed by atoms with Crippen LogP contribution in [0.2, 0.25) is 0 Å². The number of nitrogens with one attached hydrogen (secondary N) is 1. The summed E-state index contributed by atoms with van der Waals surface area (Å²) in [6.45, 7) is 2.53. The molecule has 2 N–H and O–H groups in total. The van der Waals surface area contributed by atoms with Crippen LogP contribution in [-0.2, 0) is 4.79 Å². The van der Waals surface area contributed by atoms with E-state index in [4.69, 9.17) is 5.11 Å². The van der Waals surface area contributed by atoms with Crippen LogP contribution in [-0.4, -0.2) is 50.2 Å². The quantitative estimate of drug-likeness (QED) is 0.827. The molecule has 0 spiro atoms. The molecule has 0 bridgehead atoms. The molecule has 1 aromatic heterocycles. The Morgan fingerprint density at radius 1 is 1.37 bits per heavy atom. The van der Waals surface area contributed by atoms with Gasteiger partial charge in [0.05, 0.1) is 5.92 Å². The zero-order chi connectivity index (χ0) is 13.6. The summed E-state index contributed by atoms with van der Waals surface area (Å²) in [6, 6.07) is 0. The van der Waals surface area contributed by atoms with E-state index in [0.29, 0.717) is 12.5 Å².